The summed E-state index contributed by atoms with van der Waals surface area (Å²) >= 11 is 0. The molecule has 0 spiro atoms. The predicted molar refractivity (Wildman–Crippen MR) is 63.5 cm³/mol. The Balaban J connectivity index is 1.62. The van der Waals surface area contributed by atoms with Gasteiger partial charge in [0.2, 0.25) is 0 Å². The lowest BCUT2D eigenvalue weighted by atomic mass is 9.91. The van der Waals surface area contributed by atoms with Crippen LogP contribution in [0.15, 0.2) is 30.3 Å². The summed E-state index contributed by atoms with van der Waals surface area (Å²) in [6, 6.07) is 10.4. The largest absolute Gasteiger partial charge is 0.327 e. The van der Waals surface area contributed by atoms with Crippen LogP contribution >= 0.6 is 0 Å². The van der Waals surface area contributed by atoms with Crippen molar-refractivity contribution in [2.45, 2.75) is 25.7 Å². The molecule has 92 valence electrons. The Bertz CT molecular complexity index is 363. The molecule has 17 heavy (non-hydrogen) atoms. The third-order valence-corrected chi connectivity index (χ3v) is 3.48. The van der Waals surface area contributed by atoms with Crippen LogP contribution in [0.2, 0.25) is 0 Å². The summed E-state index contributed by atoms with van der Waals surface area (Å²) in [7, 11) is 0. The van der Waals surface area contributed by atoms with Gasteiger partial charge < -0.3 is 14.2 Å². The molecule has 3 heteroatoms. The van der Waals surface area contributed by atoms with Gasteiger partial charge in [-0.3, -0.25) is 0 Å². The fraction of sp³-hybridized carbons (Fsp3) is 0.571. The molecule has 2 bridgehead atoms. The SMILES string of the molecule is CC12COC(CCc3ccccc3)(OC1)OC2. The molecule has 0 atom stereocenters. The molecule has 3 nitrogen and oxygen atoms in total. The molecule has 0 saturated carbocycles. The van der Waals surface area contributed by atoms with E-state index in [9.17, 15) is 0 Å². The third-order valence-electron chi connectivity index (χ3n) is 3.48. The first-order chi connectivity index (χ1) is 8.20. The van der Waals surface area contributed by atoms with Crippen molar-refractivity contribution in [3.63, 3.8) is 0 Å². The first-order valence-electron chi connectivity index (χ1n) is 6.16. The second-order valence-electron chi connectivity index (χ2n) is 5.35. The lowest BCUT2D eigenvalue weighted by Gasteiger charge is -2.50. The molecule has 3 heterocycles. The number of hydrogen-bond acceptors (Lipinski definition) is 3. The summed E-state index contributed by atoms with van der Waals surface area (Å²) in [6.07, 6.45) is 1.67. The van der Waals surface area contributed by atoms with E-state index in [2.05, 4.69) is 19.1 Å². The standard InChI is InChI=1S/C14H18O3/c1-13-9-15-14(16-10-13,17-11-13)8-7-12-5-3-2-4-6-12/h2-6H,7-11H2,1H3. The average Bonchev–Trinajstić information content (AvgIpc) is 2.40. The van der Waals surface area contributed by atoms with Gasteiger partial charge >= 0.3 is 0 Å². The van der Waals surface area contributed by atoms with Gasteiger partial charge in [-0.05, 0) is 12.0 Å². The number of ether oxygens (including phenoxy) is 3. The maximum Gasteiger partial charge on any atom is 0.283 e. The topological polar surface area (TPSA) is 27.7 Å². The molecular weight excluding hydrogens is 216 g/mol. The number of fused-ring (bicyclic) bond motifs is 3. The van der Waals surface area contributed by atoms with Crippen molar-refractivity contribution in [3.05, 3.63) is 35.9 Å². The van der Waals surface area contributed by atoms with Crippen LogP contribution in [0, 0.1) is 5.41 Å². The summed E-state index contributed by atoms with van der Waals surface area (Å²) in [6.45, 7) is 4.35. The van der Waals surface area contributed by atoms with E-state index in [1.54, 1.807) is 0 Å². The number of aryl methyl sites for hydroxylation is 1. The summed E-state index contributed by atoms with van der Waals surface area (Å²) < 4.78 is 17.2. The quantitative estimate of drug-likeness (QED) is 0.803. The summed E-state index contributed by atoms with van der Waals surface area (Å²) in [5, 5.41) is 0. The van der Waals surface area contributed by atoms with Crippen molar-refractivity contribution in [1.82, 2.24) is 0 Å². The molecule has 3 saturated heterocycles. The first kappa shape index (κ1) is 11.2. The van der Waals surface area contributed by atoms with Gasteiger partial charge in [0.1, 0.15) is 0 Å². The molecule has 0 N–H and O–H groups in total. The van der Waals surface area contributed by atoms with Gasteiger partial charge in [-0.1, -0.05) is 37.3 Å². The molecule has 3 aliphatic heterocycles. The van der Waals surface area contributed by atoms with E-state index < -0.39 is 5.97 Å². The van der Waals surface area contributed by atoms with Crippen molar-refractivity contribution in [3.8, 4) is 0 Å². The van der Waals surface area contributed by atoms with E-state index in [0.29, 0.717) is 0 Å². The molecule has 3 fully saturated rings. The summed E-state index contributed by atoms with van der Waals surface area (Å²) in [5.41, 5.74) is 1.34. The normalized spacial score (nSPS) is 36.1. The van der Waals surface area contributed by atoms with Crippen molar-refractivity contribution in [2.24, 2.45) is 5.41 Å². The van der Waals surface area contributed by atoms with Crippen LogP contribution in [-0.2, 0) is 20.6 Å². The van der Waals surface area contributed by atoms with Crippen LogP contribution < -0.4 is 0 Å². The van der Waals surface area contributed by atoms with Gasteiger partial charge in [0.05, 0.1) is 19.8 Å². The van der Waals surface area contributed by atoms with Crippen LogP contribution in [0.3, 0.4) is 0 Å². The minimum atomic E-state index is -0.784. The highest BCUT2D eigenvalue weighted by atomic mass is 16.9. The lowest BCUT2D eigenvalue weighted by Crippen LogP contribution is -2.59. The van der Waals surface area contributed by atoms with E-state index >= 15 is 0 Å². The molecule has 4 rings (SSSR count). The van der Waals surface area contributed by atoms with Crippen molar-refractivity contribution < 1.29 is 14.2 Å². The number of benzene rings is 1. The molecule has 1 aromatic rings. The predicted octanol–water partition coefficient (Wildman–Crippen LogP) is 2.36. The molecule has 0 radical (unpaired) electrons. The average molecular weight is 234 g/mol. The smallest absolute Gasteiger partial charge is 0.283 e. The Morgan fingerprint density at radius 3 is 2.18 bits per heavy atom. The highest BCUT2D eigenvalue weighted by molar-refractivity contribution is 5.14. The zero-order chi connectivity index (χ0) is 11.8. The maximum absolute atomic E-state index is 5.74. The Morgan fingerprint density at radius 2 is 1.59 bits per heavy atom. The monoisotopic (exact) mass is 234 g/mol. The van der Waals surface area contributed by atoms with E-state index in [4.69, 9.17) is 14.2 Å². The molecular formula is C14H18O3. The molecule has 3 aliphatic rings. The first-order valence-corrected chi connectivity index (χ1v) is 6.16. The van der Waals surface area contributed by atoms with Gasteiger partial charge in [0.15, 0.2) is 0 Å². The van der Waals surface area contributed by atoms with E-state index in [0.717, 1.165) is 32.7 Å². The second-order valence-corrected chi connectivity index (χ2v) is 5.35. The van der Waals surface area contributed by atoms with E-state index in [1.165, 1.54) is 5.56 Å². The summed E-state index contributed by atoms with van der Waals surface area (Å²) in [5.74, 6) is -0.784. The van der Waals surface area contributed by atoms with Crippen LogP contribution in [0.1, 0.15) is 18.9 Å². The van der Waals surface area contributed by atoms with Crippen LogP contribution in [0.25, 0.3) is 0 Å². The third kappa shape index (κ3) is 2.23. The minimum Gasteiger partial charge on any atom is -0.327 e. The minimum absolute atomic E-state index is 0.0501. The highest BCUT2D eigenvalue weighted by Crippen LogP contribution is 2.40. The van der Waals surface area contributed by atoms with Crippen LogP contribution in [0.4, 0.5) is 0 Å². The van der Waals surface area contributed by atoms with E-state index in [1.807, 2.05) is 18.2 Å². The van der Waals surface area contributed by atoms with Crippen molar-refractivity contribution in [2.75, 3.05) is 19.8 Å². The van der Waals surface area contributed by atoms with Gasteiger partial charge in [-0.25, -0.2) is 0 Å². The molecule has 0 aromatic heterocycles. The van der Waals surface area contributed by atoms with Crippen molar-refractivity contribution >= 4 is 0 Å². The van der Waals surface area contributed by atoms with Crippen LogP contribution in [0.5, 0.6) is 0 Å². The fourth-order valence-corrected chi connectivity index (χ4v) is 2.26. The number of hydrogen-bond donors (Lipinski definition) is 0. The van der Waals surface area contributed by atoms with Gasteiger partial charge in [-0.2, -0.15) is 0 Å². The molecule has 0 unspecified atom stereocenters. The Morgan fingerprint density at radius 1 is 1.00 bits per heavy atom. The second kappa shape index (κ2) is 4.09. The molecule has 1 aromatic carbocycles. The Kier molecular flexibility index (Phi) is 2.69. The molecule has 0 aliphatic carbocycles. The van der Waals surface area contributed by atoms with Crippen molar-refractivity contribution in [1.29, 1.82) is 0 Å². The molecule has 0 amide bonds. The maximum atomic E-state index is 5.74. The Hall–Kier alpha value is -0.900. The zero-order valence-electron chi connectivity index (χ0n) is 10.1. The fourth-order valence-electron chi connectivity index (χ4n) is 2.26. The van der Waals surface area contributed by atoms with Crippen LogP contribution in [-0.4, -0.2) is 25.8 Å². The van der Waals surface area contributed by atoms with E-state index in [-0.39, 0.29) is 5.41 Å². The lowest BCUT2D eigenvalue weighted by molar-refractivity contribution is -0.467. The van der Waals surface area contributed by atoms with Gasteiger partial charge in [-0.15, -0.1) is 0 Å². The van der Waals surface area contributed by atoms with Gasteiger partial charge in [0, 0.05) is 11.8 Å². The number of rotatable bonds is 3. The summed E-state index contributed by atoms with van der Waals surface area (Å²) in [4.78, 5) is 0. The highest BCUT2D eigenvalue weighted by Gasteiger charge is 2.49. The zero-order valence-corrected chi connectivity index (χ0v) is 10.1. The Labute approximate surface area is 102 Å². The van der Waals surface area contributed by atoms with Gasteiger partial charge in [0.25, 0.3) is 5.97 Å².